The normalized spacial score (nSPS) is 22.2. The molecule has 14 nitrogen and oxygen atoms in total. The van der Waals surface area contributed by atoms with E-state index in [1.165, 1.54) is 36.4 Å². The fourth-order valence-corrected chi connectivity index (χ4v) is 3.79. The van der Waals surface area contributed by atoms with Gasteiger partial charge in [-0.25, -0.2) is 14.6 Å². The smallest absolute Gasteiger partial charge is 0.295 e. The number of carbonyl (C=O) groups excluding carboxylic acids is 2. The molecular weight excluding hydrogens is 490 g/mol. The SMILES string of the molecule is [2H]C1([2H])N(C(=O)C(=O)c2c[nH]c3c(-n4cnc(C)n4)ncc(OC)c23)C([2H])([2H])C([2H])([2H])N(c2nnnn2-c2ccccc2)C1([2H])[2H]. The number of aromatic amines is 1. The molecule has 38 heavy (non-hydrogen) atoms. The minimum absolute atomic E-state index is 0.00631. The molecule has 1 saturated heterocycles. The van der Waals surface area contributed by atoms with Gasteiger partial charge in [0.2, 0.25) is 5.95 Å². The van der Waals surface area contributed by atoms with Gasteiger partial charge in [0.25, 0.3) is 11.7 Å². The summed E-state index contributed by atoms with van der Waals surface area (Å²) in [5.74, 6) is -3.47. The molecule has 0 unspecified atom stereocenters. The number of tetrazole rings is 1. The minimum Gasteiger partial charge on any atom is -0.494 e. The Morgan fingerprint density at radius 3 is 2.61 bits per heavy atom. The summed E-state index contributed by atoms with van der Waals surface area (Å²) in [7, 11) is 1.28. The van der Waals surface area contributed by atoms with Crippen molar-refractivity contribution < 1.29 is 25.3 Å². The molecule has 1 aromatic carbocycles. The van der Waals surface area contributed by atoms with Crippen LogP contribution in [0.1, 0.15) is 27.1 Å². The maximum absolute atomic E-state index is 13.9. The molecule has 192 valence electrons. The molecule has 1 N–H and O–H groups in total. The van der Waals surface area contributed by atoms with Crippen molar-refractivity contribution in [2.24, 2.45) is 0 Å². The molecule has 1 amide bonds. The van der Waals surface area contributed by atoms with Gasteiger partial charge >= 0.3 is 0 Å². The number of rotatable bonds is 6. The number of hydrogen-bond donors (Lipinski definition) is 1. The number of hydrogen-bond acceptors (Lipinski definition) is 10. The van der Waals surface area contributed by atoms with Crippen molar-refractivity contribution in [3.63, 3.8) is 0 Å². The average molecular weight is 522 g/mol. The number of benzene rings is 1. The van der Waals surface area contributed by atoms with E-state index in [-0.39, 0.29) is 38.0 Å². The number of carbonyl (C=O) groups is 2. The molecule has 1 aliphatic rings. The van der Waals surface area contributed by atoms with Gasteiger partial charge in [0.05, 0.1) is 46.4 Å². The molecule has 6 rings (SSSR count). The van der Waals surface area contributed by atoms with Crippen LogP contribution in [0.3, 0.4) is 0 Å². The van der Waals surface area contributed by atoms with Crippen LogP contribution in [-0.4, -0.2) is 94.6 Å². The maximum atomic E-state index is 13.9. The Hall–Kier alpha value is -5.14. The summed E-state index contributed by atoms with van der Waals surface area (Å²) in [4.78, 5) is 38.6. The predicted octanol–water partition coefficient (Wildman–Crippen LogP) is 0.968. The van der Waals surface area contributed by atoms with Crippen molar-refractivity contribution in [3.8, 4) is 17.3 Å². The van der Waals surface area contributed by atoms with Crippen molar-refractivity contribution in [1.82, 2.24) is 49.8 Å². The van der Waals surface area contributed by atoms with Gasteiger partial charge in [0.15, 0.2) is 5.82 Å². The van der Waals surface area contributed by atoms with E-state index in [1.54, 1.807) is 25.1 Å². The number of H-pyrrole nitrogens is 1. The molecule has 0 spiro atoms. The fraction of sp³-hybridized carbons (Fsp3) is 0.250. The second kappa shape index (κ2) is 9.38. The first-order chi connectivity index (χ1) is 21.6. The van der Waals surface area contributed by atoms with Gasteiger partial charge in [-0.05, 0) is 29.5 Å². The number of Topliss-reactive ketones (excluding diaryl/α,β-unsaturated/α-hetero) is 1. The molecule has 5 heterocycles. The van der Waals surface area contributed by atoms with Crippen LogP contribution in [0.5, 0.6) is 5.75 Å². The first-order valence-electron chi connectivity index (χ1n) is 15.0. The van der Waals surface area contributed by atoms with Crippen molar-refractivity contribution in [1.29, 1.82) is 0 Å². The van der Waals surface area contributed by atoms with Gasteiger partial charge in [-0.3, -0.25) is 9.59 Å². The number of nitrogens with one attached hydrogen (secondary N) is 1. The monoisotopic (exact) mass is 521 g/mol. The Labute approximate surface area is 227 Å². The van der Waals surface area contributed by atoms with Gasteiger partial charge in [-0.15, -0.1) is 0 Å². The third-order valence-corrected chi connectivity index (χ3v) is 5.54. The summed E-state index contributed by atoms with van der Waals surface area (Å²) in [6.07, 6.45) is 3.70. The quantitative estimate of drug-likeness (QED) is 0.253. The summed E-state index contributed by atoms with van der Waals surface area (Å²) in [5, 5.41) is 15.1. The van der Waals surface area contributed by atoms with E-state index in [1.807, 2.05) is 0 Å². The number of fused-ring (bicyclic) bond motifs is 1. The number of aryl methyl sites for hydroxylation is 1. The number of aromatic nitrogens is 9. The molecule has 0 aliphatic carbocycles. The van der Waals surface area contributed by atoms with Crippen molar-refractivity contribution in [3.05, 3.63) is 60.4 Å². The highest BCUT2D eigenvalue weighted by molar-refractivity contribution is 6.45. The van der Waals surface area contributed by atoms with E-state index < -0.39 is 49.2 Å². The number of para-hydroxylation sites is 1. The van der Waals surface area contributed by atoms with E-state index in [0.29, 0.717) is 5.82 Å². The van der Waals surface area contributed by atoms with E-state index in [9.17, 15) is 9.59 Å². The lowest BCUT2D eigenvalue weighted by atomic mass is 10.1. The number of anilines is 1. The third-order valence-electron chi connectivity index (χ3n) is 5.54. The molecule has 4 aromatic heterocycles. The van der Waals surface area contributed by atoms with Gasteiger partial charge in [-0.1, -0.05) is 23.3 Å². The van der Waals surface area contributed by atoms with Crippen LogP contribution in [0, 0.1) is 6.92 Å². The summed E-state index contributed by atoms with van der Waals surface area (Å²) < 4.78 is 77.5. The summed E-state index contributed by atoms with van der Waals surface area (Å²) in [6.45, 7) is -12.9. The molecule has 1 fully saturated rings. The van der Waals surface area contributed by atoms with Gasteiger partial charge < -0.3 is 19.5 Å². The zero-order chi connectivity index (χ0) is 33.4. The van der Waals surface area contributed by atoms with Crippen LogP contribution < -0.4 is 9.64 Å². The maximum Gasteiger partial charge on any atom is 0.295 e. The zero-order valence-electron chi connectivity index (χ0n) is 27.8. The second-order valence-electron chi connectivity index (χ2n) is 7.82. The van der Waals surface area contributed by atoms with E-state index in [2.05, 4.69) is 35.6 Å². The zero-order valence-corrected chi connectivity index (χ0v) is 19.8. The second-order valence-corrected chi connectivity index (χ2v) is 7.82. The Balaban J connectivity index is 1.46. The summed E-state index contributed by atoms with van der Waals surface area (Å²) in [6, 6.07) is 7.87. The molecule has 0 bridgehead atoms. The lowest BCUT2D eigenvalue weighted by Gasteiger charge is -2.34. The number of methoxy groups -OCH3 is 1. The fourth-order valence-electron chi connectivity index (χ4n) is 3.79. The minimum atomic E-state index is -3.69. The first kappa shape index (κ1) is 15.9. The highest BCUT2D eigenvalue weighted by Crippen LogP contribution is 2.32. The van der Waals surface area contributed by atoms with Crippen LogP contribution in [0.2, 0.25) is 0 Å². The number of piperazine rings is 1. The number of ketones is 1. The predicted molar refractivity (Wildman–Crippen MR) is 135 cm³/mol. The summed E-state index contributed by atoms with van der Waals surface area (Å²) in [5.41, 5.74) is -0.0118. The molecule has 14 heteroatoms. The summed E-state index contributed by atoms with van der Waals surface area (Å²) >= 11 is 0. The topological polar surface area (TPSA) is 153 Å². The van der Waals surface area contributed by atoms with E-state index in [0.717, 1.165) is 10.9 Å². The van der Waals surface area contributed by atoms with Crippen LogP contribution in [0.25, 0.3) is 22.4 Å². The number of amides is 1. The lowest BCUT2D eigenvalue weighted by molar-refractivity contribution is -0.126. The van der Waals surface area contributed by atoms with Gasteiger partial charge in [-0.2, -0.15) is 9.78 Å². The Morgan fingerprint density at radius 1 is 1.11 bits per heavy atom. The number of pyridine rings is 1. The molecule has 0 atom stereocenters. The van der Waals surface area contributed by atoms with E-state index >= 15 is 0 Å². The highest BCUT2D eigenvalue weighted by atomic mass is 16.5. The third kappa shape index (κ3) is 3.91. The molecule has 1 aliphatic heterocycles. The lowest BCUT2D eigenvalue weighted by Crippen LogP contribution is -2.51. The van der Waals surface area contributed by atoms with Crippen molar-refractivity contribution in [2.75, 3.05) is 38.0 Å². The van der Waals surface area contributed by atoms with Crippen LogP contribution in [0.4, 0.5) is 5.95 Å². The number of nitrogens with zero attached hydrogens (tertiary/aromatic N) is 10. The van der Waals surface area contributed by atoms with Crippen LogP contribution >= 0.6 is 0 Å². The molecule has 0 radical (unpaired) electrons. The van der Waals surface area contributed by atoms with Crippen LogP contribution in [0.15, 0.2) is 49.1 Å². The standard InChI is InChI=1S/C24H23N11O3/c1-15-27-14-34(29-15)22-20-19(18(38-2)13-26-22)17(12-25-20)21(36)23(37)32-8-10-33(11-9-32)24-28-30-31-35(24)16-6-4-3-5-7-16/h3-7,12-14,25H,8-11H2,1-2H3/i8D2,9D2,10D2,11D2. The average Bonchev–Trinajstić information content (AvgIpc) is 3.76. The molecule has 0 saturated carbocycles. The Bertz CT molecular complexity index is 1960. The van der Waals surface area contributed by atoms with Crippen molar-refractivity contribution in [2.45, 2.75) is 6.92 Å². The van der Waals surface area contributed by atoms with Gasteiger partial charge in [0.1, 0.15) is 17.9 Å². The first-order valence-corrected chi connectivity index (χ1v) is 11.0. The van der Waals surface area contributed by atoms with E-state index in [4.69, 9.17) is 15.7 Å². The Morgan fingerprint density at radius 2 is 1.89 bits per heavy atom. The highest BCUT2D eigenvalue weighted by Gasteiger charge is 2.31. The van der Waals surface area contributed by atoms with Crippen molar-refractivity contribution >= 4 is 28.5 Å². The largest absolute Gasteiger partial charge is 0.494 e. The number of ether oxygens (including phenoxy) is 1. The van der Waals surface area contributed by atoms with Gasteiger partial charge in [0, 0.05) is 32.2 Å². The molecule has 5 aromatic rings. The Kier molecular flexibility index (Phi) is 3.92. The molecular formula is C24H23N11O3. The van der Waals surface area contributed by atoms with Crippen LogP contribution in [-0.2, 0) is 4.79 Å².